The highest BCUT2D eigenvalue weighted by atomic mass is 32.1. The van der Waals surface area contributed by atoms with Gasteiger partial charge in [0.05, 0.1) is 35.3 Å². The van der Waals surface area contributed by atoms with Crippen LogP contribution in [0, 0.1) is 5.92 Å². The number of hydrogen-bond donors (Lipinski definition) is 6. The Balaban J connectivity index is 1.21. The molecule has 0 saturated heterocycles. The molecule has 0 spiro atoms. The third kappa shape index (κ3) is 12.0. The first kappa shape index (κ1) is 41.1. The van der Waals surface area contributed by atoms with Crippen molar-refractivity contribution in [2.75, 3.05) is 0 Å². The summed E-state index contributed by atoms with van der Waals surface area (Å²) in [6, 6.07) is 21.6. The molecule has 12 nitrogen and oxygen atoms in total. The second-order valence-electron chi connectivity index (χ2n) is 14.8. The fourth-order valence-corrected chi connectivity index (χ4v) is 8.09. The van der Waals surface area contributed by atoms with E-state index in [0.717, 1.165) is 59.6 Å². The number of rotatable bonds is 18. The molecule has 298 valence electrons. The smallest absolute Gasteiger partial charge is 0.253 e. The lowest BCUT2D eigenvalue weighted by molar-refractivity contribution is -0.131. The molecule has 0 radical (unpaired) electrons. The van der Waals surface area contributed by atoms with Crippen LogP contribution in [-0.2, 0) is 40.3 Å². The third-order valence-electron chi connectivity index (χ3n) is 10.6. The molecule has 1 aliphatic rings. The summed E-state index contributed by atoms with van der Waals surface area (Å²) in [6.45, 7) is 0.663. The zero-order chi connectivity index (χ0) is 40.0. The molecule has 2 aromatic heterocycles. The molecular formula is C44H51N7O5S. The highest BCUT2D eigenvalue weighted by Gasteiger charge is 2.33. The second-order valence-corrected chi connectivity index (χ2v) is 15.5. The summed E-state index contributed by atoms with van der Waals surface area (Å²) < 4.78 is 0. The Bertz CT molecular complexity index is 2090. The van der Waals surface area contributed by atoms with E-state index in [0.29, 0.717) is 18.7 Å². The van der Waals surface area contributed by atoms with Crippen molar-refractivity contribution in [3.05, 3.63) is 130 Å². The summed E-state index contributed by atoms with van der Waals surface area (Å²) in [5.41, 5.74) is 11.0. The van der Waals surface area contributed by atoms with Gasteiger partial charge in [0.2, 0.25) is 17.7 Å². The molecule has 1 aliphatic carbocycles. The maximum Gasteiger partial charge on any atom is 0.253 e. The van der Waals surface area contributed by atoms with Crippen LogP contribution in [0.25, 0.3) is 10.8 Å². The number of nitrogens with zero attached hydrogens (tertiary/aromatic N) is 2. The van der Waals surface area contributed by atoms with Gasteiger partial charge in [-0.25, -0.2) is 4.98 Å². The van der Waals surface area contributed by atoms with E-state index in [1.165, 1.54) is 17.5 Å². The van der Waals surface area contributed by atoms with Gasteiger partial charge in [0, 0.05) is 43.7 Å². The standard InChI is InChI=1S/C44H51N7O5S/c45-24-30-11-6-12-31(19-30)25-47-41(53)23-40(52)37(20-29-9-2-1-3-10-29)49-44(56)39(22-35-27-57-28-48-35)51-43(55)38(50-42(54)34-16-8-18-46-26-34)21-33-15-7-14-32-13-4-5-17-36(32)33/h4-8,11-19,26-29,37-40,52H,1-3,9-10,20-25,45H2,(H,47,53)(H,49,56)(H,50,54)(H,51,55)/t37-,38-,39?,40-/m0/s1. The Morgan fingerprint density at radius 1 is 0.842 bits per heavy atom. The maximum atomic E-state index is 14.4. The van der Waals surface area contributed by atoms with Crippen molar-refractivity contribution in [3.8, 4) is 0 Å². The van der Waals surface area contributed by atoms with Gasteiger partial charge in [-0.05, 0) is 51.9 Å². The number of amides is 4. The Morgan fingerprint density at radius 2 is 1.60 bits per heavy atom. The summed E-state index contributed by atoms with van der Waals surface area (Å²) in [5, 5.41) is 27.1. The number of hydrogen-bond acceptors (Lipinski definition) is 9. The molecule has 4 atom stereocenters. The van der Waals surface area contributed by atoms with Crippen molar-refractivity contribution < 1.29 is 24.3 Å². The van der Waals surface area contributed by atoms with Gasteiger partial charge in [0.25, 0.3) is 5.91 Å². The average molecular weight is 790 g/mol. The molecule has 1 fully saturated rings. The number of pyridine rings is 1. The molecule has 4 amide bonds. The lowest BCUT2D eigenvalue weighted by atomic mass is 9.83. The summed E-state index contributed by atoms with van der Waals surface area (Å²) in [7, 11) is 0. The van der Waals surface area contributed by atoms with Gasteiger partial charge in [-0.3, -0.25) is 24.2 Å². The Kier molecular flexibility index (Phi) is 14.9. The fourth-order valence-electron chi connectivity index (χ4n) is 7.52. The first-order valence-electron chi connectivity index (χ1n) is 19.6. The topological polar surface area (TPSA) is 188 Å². The van der Waals surface area contributed by atoms with Crippen LogP contribution in [0.5, 0.6) is 0 Å². The van der Waals surface area contributed by atoms with Crippen molar-refractivity contribution >= 4 is 45.7 Å². The first-order valence-corrected chi connectivity index (χ1v) is 20.6. The Morgan fingerprint density at radius 3 is 2.37 bits per heavy atom. The minimum atomic E-state index is -1.18. The third-order valence-corrected chi connectivity index (χ3v) is 11.2. The quantitative estimate of drug-likeness (QED) is 0.0735. The van der Waals surface area contributed by atoms with Crippen molar-refractivity contribution in [2.45, 2.75) is 95.1 Å². The maximum absolute atomic E-state index is 14.4. The number of benzene rings is 3. The number of thiazole rings is 1. The van der Waals surface area contributed by atoms with E-state index in [1.54, 1.807) is 23.8 Å². The van der Waals surface area contributed by atoms with Crippen LogP contribution in [0.3, 0.4) is 0 Å². The van der Waals surface area contributed by atoms with Crippen LogP contribution in [0.2, 0.25) is 0 Å². The molecule has 1 unspecified atom stereocenters. The highest BCUT2D eigenvalue weighted by Crippen LogP contribution is 2.29. The van der Waals surface area contributed by atoms with Crippen LogP contribution in [0.15, 0.2) is 102 Å². The lowest BCUT2D eigenvalue weighted by Gasteiger charge is -2.31. The van der Waals surface area contributed by atoms with Crippen LogP contribution in [0.4, 0.5) is 0 Å². The number of carbonyl (C=O) groups excluding carboxylic acids is 4. The summed E-state index contributed by atoms with van der Waals surface area (Å²) in [4.78, 5) is 63.7. The summed E-state index contributed by atoms with van der Waals surface area (Å²) >= 11 is 1.37. The first-order chi connectivity index (χ1) is 27.7. The lowest BCUT2D eigenvalue weighted by Crippen LogP contribution is -2.57. The summed E-state index contributed by atoms with van der Waals surface area (Å²) in [6.07, 6.45) is 7.51. The molecule has 2 heterocycles. The van der Waals surface area contributed by atoms with Gasteiger partial charge >= 0.3 is 0 Å². The minimum absolute atomic E-state index is 0.0766. The van der Waals surface area contributed by atoms with E-state index in [9.17, 15) is 24.3 Å². The van der Waals surface area contributed by atoms with E-state index < -0.39 is 42.0 Å². The Labute approximate surface area is 337 Å². The second kappa shape index (κ2) is 20.6. The number of nitrogens with one attached hydrogen (secondary N) is 4. The molecule has 6 rings (SSSR count). The van der Waals surface area contributed by atoms with Gasteiger partial charge in [0.1, 0.15) is 12.1 Å². The van der Waals surface area contributed by atoms with Crippen molar-refractivity contribution in [2.24, 2.45) is 11.7 Å². The van der Waals surface area contributed by atoms with E-state index in [1.807, 2.05) is 72.1 Å². The SMILES string of the molecule is NCc1cccc(CNC(=O)C[C@H](O)[C@H](CC2CCCCC2)NC(=O)C(Cc2cscn2)NC(=O)[C@H](Cc2cccc3ccccc23)NC(=O)c2cccnc2)c1. The van der Waals surface area contributed by atoms with Gasteiger partial charge in [-0.15, -0.1) is 11.3 Å². The van der Waals surface area contributed by atoms with Crippen LogP contribution >= 0.6 is 11.3 Å². The zero-order valence-corrected chi connectivity index (χ0v) is 32.8. The van der Waals surface area contributed by atoms with Crippen LogP contribution in [0.1, 0.15) is 77.7 Å². The van der Waals surface area contributed by atoms with Crippen LogP contribution < -0.4 is 27.0 Å². The van der Waals surface area contributed by atoms with E-state index in [2.05, 4.69) is 31.2 Å². The number of carbonyl (C=O) groups is 4. The number of aliphatic hydroxyl groups is 1. The van der Waals surface area contributed by atoms with Gasteiger partial charge in [-0.2, -0.15) is 0 Å². The van der Waals surface area contributed by atoms with Crippen molar-refractivity contribution in [3.63, 3.8) is 0 Å². The van der Waals surface area contributed by atoms with Gasteiger partial charge in [0.15, 0.2) is 0 Å². The predicted molar refractivity (Wildman–Crippen MR) is 221 cm³/mol. The van der Waals surface area contributed by atoms with Gasteiger partial charge < -0.3 is 32.1 Å². The summed E-state index contributed by atoms with van der Waals surface area (Å²) in [5.74, 6) is -1.64. The number of aromatic nitrogens is 2. The van der Waals surface area contributed by atoms with Crippen molar-refractivity contribution in [1.82, 2.24) is 31.2 Å². The van der Waals surface area contributed by atoms with E-state index >= 15 is 0 Å². The van der Waals surface area contributed by atoms with Crippen LogP contribution in [-0.4, -0.2) is 62.9 Å². The monoisotopic (exact) mass is 789 g/mol. The number of aliphatic hydroxyl groups excluding tert-OH is 1. The van der Waals surface area contributed by atoms with E-state index in [-0.39, 0.29) is 43.2 Å². The Hall–Kier alpha value is -5.50. The molecule has 3 aromatic carbocycles. The molecule has 0 bridgehead atoms. The normalized spacial score (nSPS) is 15.2. The average Bonchev–Trinajstić information content (AvgIpc) is 3.76. The van der Waals surface area contributed by atoms with Crippen molar-refractivity contribution in [1.29, 1.82) is 0 Å². The zero-order valence-electron chi connectivity index (χ0n) is 31.9. The largest absolute Gasteiger partial charge is 0.390 e. The minimum Gasteiger partial charge on any atom is -0.390 e. The molecule has 57 heavy (non-hydrogen) atoms. The molecule has 7 N–H and O–H groups in total. The number of nitrogens with two attached hydrogens (primary N) is 1. The molecule has 5 aromatic rings. The molecule has 1 saturated carbocycles. The number of fused-ring (bicyclic) bond motifs is 1. The fraction of sp³-hybridized carbons (Fsp3) is 0.364. The highest BCUT2D eigenvalue weighted by molar-refractivity contribution is 7.07. The van der Waals surface area contributed by atoms with Gasteiger partial charge in [-0.1, -0.05) is 98.8 Å². The molecule has 13 heteroatoms. The predicted octanol–water partition coefficient (Wildman–Crippen LogP) is 4.74. The molecule has 0 aliphatic heterocycles. The van der Waals surface area contributed by atoms with E-state index in [4.69, 9.17) is 5.73 Å². The molecular weight excluding hydrogens is 739 g/mol.